The first kappa shape index (κ1) is 12.1. The number of nitrogens with zero attached hydrogens (tertiary/aromatic N) is 1. The molecule has 0 radical (unpaired) electrons. The van der Waals surface area contributed by atoms with Crippen molar-refractivity contribution in [3.05, 3.63) is 34.9 Å². The van der Waals surface area contributed by atoms with Crippen LogP contribution in [0.1, 0.15) is 31.7 Å². The predicted molar refractivity (Wildman–Crippen MR) is 66.7 cm³/mol. The van der Waals surface area contributed by atoms with Crippen molar-refractivity contribution < 1.29 is 4.79 Å². The molecule has 1 aromatic rings. The van der Waals surface area contributed by atoms with Crippen LogP contribution in [0.4, 0.5) is 0 Å². The van der Waals surface area contributed by atoms with Crippen LogP contribution in [0.3, 0.4) is 0 Å². The molecule has 0 amide bonds. The van der Waals surface area contributed by atoms with E-state index in [4.69, 9.17) is 16.9 Å². The number of hydrogen-bond acceptors (Lipinski definition) is 2. The fourth-order valence-electron chi connectivity index (χ4n) is 2.11. The van der Waals surface area contributed by atoms with Gasteiger partial charge in [-0.25, -0.2) is 0 Å². The summed E-state index contributed by atoms with van der Waals surface area (Å²) in [6.07, 6.45) is 0.887. The summed E-state index contributed by atoms with van der Waals surface area (Å²) in [6, 6.07) is 9.04. The van der Waals surface area contributed by atoms with E-state index in [1.54, 1.807) is 24.3 Å². The summed E-state index contributed by atoms with van der Waals surface area (Å²) in [5.74, 6) is -0.582. The van der Waals surface area contributed by atoms with Gasteiger partial charge in [0.1, 0.15) is 5.92 Å². The number of nitriles is 1. The van der Waals surface area contributed by atoms with Crippen molar-refractivity contribution in [2.45, 2.75) is 26.2 Å². The Morgan fingerprint density at radius 3 is 2.41 bits per heavy atom. The SMILES string of the molecule is CC1(C)CC1C(=O)C(C#N)c1ccc(Cl)cc1. The molecule has 0 heterocycles. The molecule has 1 aromatic carbocycles. The van der Waals surface area contributed by atoms with E-state index >= 15 is 0 Å². The summed E-state index contributed by atoms with van der Waals surface area (Å²) in [5, 5.41) is 9.78. The molecule has 0 bridgehead atoms. The van der Waals surface area contributed by atoms with Crippen molar-refractivity contribution in [2.75, 3.05) is 0 Å². The van der Waals surface area contributed by atoms with Crippen molar-refractivity contribution in [1.29, 1.82) is 5.26 Å². The molecule has 1 fully saturated rings. The zero-order valence-corrected chi connectivity index (χ0v) is 10.7. The van der Waals surface area contributed by atoms with Gasteiger partial charge in [-0.15, -0.1) is 0 Å². The summed E-state index contributed by atoms with van der Waals surface area (Å²) >= 11 is 5.79. The molecule has 88 valence electrons. The van der Waals surface area contributed by atoms with Crippen LogP contribution >= 0.6 is 11.6 Å². The summed E-state index contributed by atoms with van der Waals surface area (Å²) < 4.78 is 0. The Labute approximate surface area is 106 Å². The normalized spacial score (nSPS) is 22.6. The van der Waals surface area contributed by atoms with Crippen molar-refractivity contribution in [1.82, 2.24) is 0 Å². The molecule has 0 aromatic heterocycles. The maximum atomic E-state index is 12.2. The van der Waals surface area contributed by atoms with Gasteiger partial charge in [-0.3, -0.25) is 4.79 Å². The van der Waals surface area contributed by atoms with Gasteiger partial charge in [0.2, 0.25) is 0 Å². The third-order valence-corrected chi connectivity index (χ3v) is 3.73. The first-order valence-corrected chi connectivity index (χ1v) is 6.02. The topological polar surface area (TPSA) is 40.9 Å². The fraction of sp³-hybridized carbons (Fsp3) is 0.429. The van der Waals surface area contributed by atoms with Crippen LogP contribution in [-0.2, 0) is 4.79 Å². The smallest absolute Gasteiger partial charge is 0.158 e. The lowest BCUT2D eigenvalue weighted by Crippen LogP contribution is -2.15. The number of hydrogen-bond donors (Lipinski definition) is 0. The Balaban J connectivity index is 2.21. The second-order valence-corrected chi connectivity index (χ2v) is 5.70. The minimum Gasteiger partial charge on any atom is -0.298 e. The van der Waals surface area contributed by atoms with E-state index in [0.29, 0.717) is 5.02 Å². The highest BCUT2D eigenvalue weighted by Gasteiger charge is 2.52. The summed E-state index contributed by atoms with van der Waals surface area (Å²) in [4.78, 5) is 12.2. The second kappa shape index (κ2) is 4.16. The molecule has 2 atom stereocenters. The summed E-state index contributed by atoms with van der Waals surface area (Å²) in [5.41, 5.74) is 0.808. The largest absolute Gasteiger partial charge is 0.298 e. The molecule has 2 unspecified atom stereocenters. The van der Waals surface area contributed by atoms with Gasteiger partial charge in [-0.2, -0.15) is 5.26 Å². The average molecular weight is 248 g/mol. The molecule has 0 N–H and O–H groups in total. The fourth-order valence-corrected chi connectivity index (χ4v) is 2.24. The van der Waals surface area contributed by atoms with E-state index in [9.17, 15) is 4.79 Å². The third kappa shape index (κ3) is 2.35. The average Bonchev–Trinajstić information content (AvgIpc) is 2.91. The van der Waals surface area contributed by atoms with E-state index in [2.05, 4.69) is 19.9 Å². The van der Waals surface area contributed by atoms with Gasteiger partial charge in [0.05, 0.1) is 6.07 Å². The van der Waals surface area contributed by atoms with E-state index < -0.39 is 5.92 Å². The minimum absolute atomic E-state index is 0.0304. The van der Waals surface area contributed by atoms with Gasteiger partial charge < -0.3 is 0 Å². The highest BCUT2D eigenvalue weighted by Crippen LogP contribution is 2.53. The highest BCUT2D eigenvalue weighted by molar-refractivity contribution is 6.30. The first-order chi connectivity index (χ1) is 7.95. The highest BCUT2D eigenvalue weighted by atomic mass is 35.5. The Morgan fingerprint density at radius 1 is 1.47 bits per heavy atom. The van der Waals surface area contributed by atoms with E-state index in [-0.39, 0.29) is 17.1 Å². The maximum Gasteiger partial charge on any atom is 0.158 e. The van der Waals surface area contributed by atoms with Crippen LogP contribution in [0.15, 0.2) is 24.3 Å². The van der Waals surface area contributed by atoms with Gasteiger partial charge in [0, 0.05) is 10.9 Å². The molecule has 0 aliphatic heterocycles. The molecule has 1 saturated carbocycles. The van der Waals surface area contributed by atoms with Gasteiger partial charge in [-0.05, 0) is 29.5 Å². The number of halogens is 1. The Kier molecular flexibility index (Phi) is 2.97. The number of ketones is 1. The standard InChI is InChI=1S/C14H14ClNO/c1-14(2)7-12(14)13(17)11(8-16)9-3-5-10(15)6-4-9/h3-6,11-12H,7H2,1-2H3. The number of carbonyl (C=O) groups is 1. The van der Waals surface area contributed by atoms with Crippen LogP contribution in [-0.4, -0.2) is 5.78 Å². The minimum atomic E-state index is -0.654. The van der Waals surface area contributed by atoms with Gasteiger partial charge in [0.15, 0.2) is 5.78 Å². The van der Waals surface area contributed by atoms with E-state index in [1.807, 2.05) is 0 Å². The molecule has 0 saturated heterocycles. The Hall–Kier alpha value is -1.33. The van der Waals surface area contributed by atoms with Gasteiger partial charge >= 0.3 is 0 Å². The molecule has 0 spiro atoms. The molecule has 2 rings (SSSR count). The quantitative estimate of drug-likeness (QED) is 0.819. The molecule has 1 aliphatic rings. The molecular formula is C14H14ClNO. The Bertz CT molecular complexity index is 484. The van der Waals surface area contributed by atoms with Crippen molar-refractivity contribution in [3.63, 3.8) is 0 Å². The lowest BCUT2D eigenvalue weighted by molar-refractivity contribution is -0.121. The van der Waals surface area contributed by atoms with Crippen LogP contribution in [0.2, 0.25) is 5.02 Å². The monoisotopic (exact) mass is 247 g/mol. The maximum absolute atomic E-state index is 12.2. The lowest BCUT2D eigenvalue weighted by atomic mass is 9.91. The van der Waals surface area contributed by atoms with Crippen LogP contribution in [0.25, 0.3) is 0 Å². The van der Waals surface area contributed by atoms with E-state index in [1.165, 1.54) is 0 Å². The second-order valence-electron chi connectivity index (χ2n) is 5.26. The number of benzene rings is 1. The van der Waals surface area contributed by atoms with Gasteiger partial charge in [0.25, 0.3) is 0 Å². The predicted octanol–water partition coefficient (Wildman–Crippen LogP) is 3.56. The lowest BCUT2D eigenvalue weighted by Gasteiger charge is -2.09. The Morgan fingerprint density at radius 2 is 2.00 bits per heavy atom. The van der Waals surface area contributed by atoms with Gasteiger partial charge in [-0.1, -0.05) is 37.6 Å². The molecular weight excluding hydrogens is 234 g/mol. The zero-order chi connectivity index (χ0) is 12.6. The first-order valence-electron chi connectivity index (χ1n) is 5.64. The van der Waals surface area contributed by atoms with Crippen LogP contribution in [0.5, 0.6) is 0 Å². The molecule has 17 heavy (non-hydrogen) atoms. The van der Waals surface area contributed by atoms with Crippen molar-refractivity contribution in [2.24, 2.45) is 11.3 Å². The molecule has 1 aliphatic carbocycles. The number of carbonyl (C=O) groups excluding carboxylic acids is 1. The summed E-state index contributed by atoms with van der Waals surface area (Å²) in [7, 11) is 0. The number of Topliss-reactive ketones (excluding diaryl/α,β-unsaturated/α-hetero) is 1. The molecule has 3 heteroatoms. The third-order valence-electron chi connectivity index (χ3n) is 3.47. The van der Waals surface area contributed by atoms with Crippen molar-refractivity contribution >= 4 is 17.4 Å². The van der Waals surface area contributed by atoms with Crippen molar-refractivity contribution in [3.8, 4) is 6.07 Å². The number of rotatable bonds is 3. The molecule has 2 nitrogen and oxygen atoms in total. The van der Waals surface area contributed by atoms with Crippen LogP contribution in [0, 0.1) is 22.7 Å². The summed E-state index contributed by atoms with van der Waals surface area (Å²) in [6.45, 7) is 4.12. The zero-order valence-electron chi connectivity index (χ0n) is 9.90. The van der Waals surface area contributed by atoms with E-state index in [0.717, 1.165) is 12.0 Å². The van der Waals surface area contributed by atoms with Crippen LogP contribution < -0.4 is 0 Å².